The number of carbonyl (C=O) groups excluding carboxylic acids is 1. The fourth-order valence-corrected chi connectivity index (χ4v) is 1.56. The van der Waals surface area contributed by atoms with Crippen LogP contribution in [0.5, 0.6) is 5.75 Å². The molecule has 2 rings (SSSR count). The summed E-state index contributed by atoms with van der Waals surface area (Å²) in [4.78, 5) is 11.8. The number of ketones is 1. The highest BCUT2D eigenvalue weighted by molar-refractivity contribution is 5.97. The van der Waals surface area contributed by atoms with Crippen LogP contribution in [0.1, 0.15) is 15.9 Å². The van der Waals surface area contributed by atoms with E-state index in [-0.39, 0.29) is 18.0 Å². The predicted molar refractivity (Wildman–Crippen MR) is 62.5 cm³/mol. The van der Waals surface area contributed by atoms with Gasteiger partial charge in [-0.15, -0.1) is 0 Å². The number of rotatable bonds is 3. The zero-order valence-corrected chi connectivity index (χ0v) is 9.06. The third-order valence-corrected chi connectivity index (χ3v) is 2.45. The number of Topliss-reactive ketones (excluding diaryl/α,β-unsaturated/α-hetero) is 1. The molecule has 3 heteroatoms. The van der Waals surface area contributed by atoms with Gasteiger partial charge in [0.15, 0.2) is 5.78 Å². The third kappa shape index (κ3) is 2.91. The molecule has 0 atom stereocenters. The van der Waals surface area contributed by atoms with Crippen LogP contribution >= 0.6 is 0 Å². The van der Waals surface area contributed by atoms with E-state index in [9.17, 15) is 9.18 Å². The number of hydrogen-bond donors (Lipinski definition) is 1. The highest BCUT2D eigenvalue weighted by Crippen LogP contribution is 2.13. The van der Waals surface area contributed by atoms with E-state index in [1.807, 2.05) is 0 Å². The largest absolute Gasteiger partial charge is 0.508 e. The van der Waals surface area contributed by atoms with Gasteiger partial charge in [0.25, 0.3) is 0 Å². The summed E-state index contributed by atoms with van der Waals surface area (Å²) in [6, 6.07) is 12.0. The summed E-state index contributed by atoms with van der Waals surface area (Å²) in [7, 11) is 0. The van der Waals surface area contributed by atoms with Crippen molar-refractivity contribution in [3.63, 3.8) is 0 Å². The van der Waals surface area contributed by atoms with Crippen molar-refractivity contribution in [1.29, 1.82) is 0 Å². The summed E-state index contributed by atoms with van der Waals surface area (Å²) in [5.74, 6) is -0.399. The van der Waals surface area contributed by atoms with Crippen molar-refractivity contribution in [2.75, 3.05) is 0 Å². The molecule has 2 aromatic rings. The van der Waals surface area contributed by atoms with Gasteiger partial charge in [0.1, 0.15) is 11.6 Å². The standard InChI is InChI=1S/C14H11FO2/c15-12-3-1-2-11(9-12)14(17)8-10-4-6-13(16)7-5-10/h1-7,9,16H,8H2. The Labute approximate surface area is 98.3 Å². The number of phenolic OH excluding ortho intramolecular Hbond substituents is 1. The highest BCUT2D eigenvalue weighted by Gasteiger charge is 2.07. The molecule has 1 N–H and O–H groups in total. The second-order valence-corrected chi connectivity index (χ2v) is 3.78. The van der Waals surface area contributed by atoms with E-state index < -0.39 is 5.82 Å². The van der Waals surface area contributed by atoms with Gasteiger partial charge in [-0.3, -0.25) is 4.79 Å². The number of aromatic hydroxyl groups is 1. The maximum absolute atomic E-state index is 12.9. The lowest BCUT2D eigenvalue weighted by Crippen LogP contribution is -2.03. The van der Waals surface area contributed by atoms with Gasteiger partial charge in [-0.2, -0.15) is 0 Å². The molecule has 0 unspecified atom stereocenters. The maximum Gasteiger partial charge on any atom is 0.167 e. The lowest BCUT2D eigenvalue weighted by molar-refractivity contribution is 0.0992. The van der Waals surface area contributed by atoms with Crippen LogP contribution in [-0.2, 0) is 6.42 Å². The van der Waals surface area contributed by atoms with E-state index in [1.165, 1.54) is 30.3 Å². The van der Waals surface area contributed by atoms with Crippen LogP contribution in [0.2, 0.25) is 0 Å². The molecule has 0 bridgehead atoms. The molecule has 86 valence electrons. The van der Waals surface area contributed by atoms with Crippen molar-refractivity contribution in [3.05, 3.63) is 65.5 Å². The Morgan fingerprint density at radius 1 is 1.12 bits per heavy atom. The number of carbonyl (C=O) groups is 1. The van der Waals surface area contributed by atoms with Gasteiger partial charge in [0.2, 0.25) is 0 Å². The minimum Gasteiger partial charge on any atom is -0.508 e. The zero-order valence-electron chi connectivity index (χ0n) is 9.06. The van der Waals surface area contributed by atoms with E-state index >= 15 is 0 Å². The van der Waals surface area contributed by atoms with Gasteiger partial charge >= 0.3 is 0 Å². The monoisotopic (exact) mass is 230 g/mol. The van der Waals surface area contributed by atoms with Crippen molar-refractivity contribution < 1.29 is 14.3 Å². The molecule has 2 nitrogen and oxygen atoms in total. The topological polar surface area (TPSA) is 37.3 Å². The third-order valence-electron chi connectivity index (χ3n) is 2.45. The van der Waals surface area contributed by atoms with E-state index in [2.05, 4.69) is 0 Å². The number of hydrogen-bond acceptors (Lipinski definition) is 2. The fourth-order valence-electron chi connectivity index (χ4n) is 1.56. The van der Waals surface area contributed by atoms with Crippen LogP contribution < -0.4 is 0 Å². The van der Waals surface area contributed by atoms with Gasteiger partial charge < -0.3 is 5.11 Å². The highest BCUT2D eigenvalue weighted by atomic mass is 19.1. The molecular formula is C14H11FO2. The predicted octanol–water partition coefficient (Wildman–Crippen LogP) is 2.96. The van der Waals surface area contributed by atoms with Gasteiger partial charge in [-0.1, -0.05) is 24.3 Å². The lowest BCUT2D eigenvalue weighted by Gasteiger charge is -2.02. The van der Waals surface area contributed by atoms with Crippen molar-refractivity contribution in [2.45, 2.75) is 6.42 Å². The van der Waals surface area contributed by atoms with Crippen molar-refractivity contribution in [1.82, 2.24) is 0 Å². The molecule has 2 aromatic carbocycles. The van der Waals surface area contributed by atoms with E-state index in [1.54, 1.807) is 18.2 Å². The first-order valence-corrected chi connectivity index (χ1v) is 5.22. The molecular weight excluding hydrogens is 219 g/mol. The van der Waals surface area contributed by atoms with E-state index in [0.717, 1.165) is 5.56 Å². The van der Waals surface area contributed by atoms with Gasteiger partial charge in [0.05, 0.1) is 0 Å². The van der Waals surface area contributed by atoms with Crippen LogP contribution in [0.15, 0.2) is 48.5 Å². The first-order chi connectivity index (χ1) is 8.15. The summed E-state index contributed by atoms with van der Waals surface area (Å²) in [5.41, 5.74) is 1.15. The molecule has 0 radical (unpaired) electrons. The zero-order chi connectivity index (χ0) is 12.3. The normalized spacial score (nSPS) is 10.2. The van der Waals surface area contributed by atoms with Gasteiger partial charge in [-0.25, -0.2) is 4.39 Å². The minimum atomic E-state index is -0.415. The molecule has 0 amide bonds. The Hall–Kier alpha value is -2.16. The molecule has 0 aromatic heterocycles. The second kappa shape index (κ2) is 4.78. The average molecular weight is 230 g/mol. The summed E-state index contributed by atoms with van der Waals surface area (Å²) in [5, 5.41) is 9.11. The Morgan fingerprint density at radius 2 is 1.82 bits per heavy atom. The van der Waals surface area contributed by atoms with Crippen molar-refractivity contribution in [2.24, 2.45) is 0 Å². The van der Waals surface area contributed by atoms with Crippen LogP contribution in [-0.4, -0.2) is 10.9 Å². The molecule has 0 fully saturated rings. The minimum absolute atomic E-state index is 0.143. The summed E-state index contributed by atoms with van der Waals surface area (Å²) >= 11 is 0. The Kier molecular flexibility index (Phi) is 3.19. The van der Waals surface area contributed by atoms with Crippen LogP contribution in [0.4, 0.5) is 4.39 Å². The molecule has 0 spiro atoms. The lowest BCUT2D eigenvalue weighted by atomic mass is 10.0. The van der Waals surface area contributed by atoms with E-state index in [4.69, 9.17) is 5.11 Å². The first-order valence-electron chi connectivity index (χ1n) is 5.22. The molecule has 0 heterocycles. The molecule has 0 saturated heterocycles. The van der Waals surface area contributed by atoms with Gasteiger partial charge in [0, 0.05) is 12.0 Å². The van der Waals surface area contributed by atoms with Crippen LogP contribution in [0, 0.1) is 5.82 Å². The van der Waals surface area contributed by atoms with Crippen LogP contribution in [0.25, 0.3) is 0 Å². The summed E-state index contributed by atoms with van der Waals surface area (Å²) < 4.78 is 12.9. The Morgan fingerprint density at radius 3 is 2.47 bits per heavy atom. The molecule has 17 heavy (non-hydrogen) atoms. The molecule has 0 aliphatic heterocycles. The molecule has 0 aliphatic rings. The van der Waals surface area contributed by atoms with Crippen molar-refractivity contribution >= 4 is 5.78 Å². The van der Waals surface area contributed by atoms with Crippen molar-refractivity contribution in [3.8, 4) is 5.75 Å². The molecule has 0 aliphatic carbocycles. The SMILES string of the molecule is O=C(Cc1ccc(O)cc1)c1cccc(F)c1. The Balaban J connectivity index is 2.14. The fraction of sp³-hybridized carbons (Fsp3) is 0.0714. The van der Waals surface area contributed by atoms with E-state index in [0.29, 0.717) is 5.56 Å². The number of benzene rings is 2. The second-order valence-electron chi connectivity index (χ2n) is 3.78. The van der Waals surface area contributed by atoms with Crippen LogP contribution in [0.3, 0.4) is 0 Å². The number of phenols is 1. The number of halogens is 1. The first kappa shape index (κ1) is 11.3. The smallest absolute Gasteiger partial charge is 0.167 e. The average Bonchev–Trinajstić information content (AvgIpc) is 2.32. The van der Waals surface area contributed by atoms with Gasteiger partial charge in [-0.05, 0) is 29.8 Å². The maximum atomic E-state index is 12.9. The summed E-state index contributed by atoms with van der Waals surface area (Å²) in [6.45, 7) is 0. The Bertz CT molecular complexity index is 532. The summed E-state index contributed by atoms with van der Waals surface area (Å²) in [6.07, 6.45) is 0.198. The quantitative estimate of drug-likeness (QED) is 0.823. The molecule has 0 saturated carbocycles.